The summed E-state index contributed by atoms with van der Waals surface area (Å²) in [6.07, 6.45) is 8.28. The SMILES string of the molecule is Cl.Cl.Cl.O=C(O)c1ccc2c(C3CCCCC3)c3n(c2c1)CCOc1c-3cccc1N(CCN1CCCOCC1)CCN1CCCOCC1. The normalized spacial score (nSPS) is 19.0. The first-order valence-electron chi connectivity index (χ1n) is 17.7. The zero-order valence-corrected chi connectivity index (χ0v) is 30.9. The van der Waals surface area contributed by atoms with Crippen molar-refractivity contribution in [1.82, 2.24) is 14.4 Å². The molecule has 49 heavy (non-hydrogen) atoms. The predicted molar refractivity (Wildman–Crippen MR) is 203 cm³/mol. The zero-order valence-electron chi connectivity index (χ0n) is 28.5. The van der Waals surface area contributed by atoms with Gasteiger partial charge in [0.25, 0.3) is 0 Å². The van der Waals surface area contributed by atoms with E-state index in [0.29, 0.717) is 24.6 Å². The van der Waals surface area contributed by atoms with Crippen LogP contribution in [0.5, 0.6) is 5.75 Å². The number of rotatable bonds is 9. The number of nitrogens with zero attached hydrogens (tertiary/aromatic N) is 4. The summed E-state index contributed by atoms with van der Waals surface area (Å²) in [6, 6.07) is 12.4. The first-order valence-corrected chi connectivity index (χ1v) is 17.7. The van der Waals surface area contributed by atoms with Crippen LogP contribution in [0.25, 0.3) is 22.2 Å². The van der Waals surface area contributed by atoms with Crippen LogP contribution in [0.4, 0.5) is 5.69 Å². The number of hydrogen-bond donors (Lipinski definition) is 1. The Morgan fingerprint density at radius 3 is 2.10 bits per heavy atom. The molecule has 9 nitrogen and oxygen atoms in total. The lowest BCUT2D eigenvalue weighted by Gasteiger charge is -2.32. The van der Waals surface area contributed by atoms with Gasteiger partial charge in [0.2, 0.25) is 0 Å². The molecule has 1 aliphatic carbocycles. The van der Waals surface area contributed by atoms with Crippen LogP contribution < -0.4 is 9.64 Å². The molecule has 3 fully saturated rings. The quantitative estimate of drug-likeness (QED) is 0.253. The number of carbonyl (C=O) groups is 1. The third kappa shape index (κ3) is 8.98. The van der Waals surface area contributed by atoms with Crippen LogP contribution in [0.1, 0.15) is 66.8 Å². The van der Waals surface area contributed by atoms with Crippen LogP contribution in [0.15, 0.2) is 36.4 Å². The fourth-order valence-electron chi connectivity index (χ4n) is 8.11. The number of aromatic nitrogens is 1. The molecule has 2 saturated heterocycles. The zero-order chi connectivity index (χ0) is 31.3. The Kier molecular flexibility index (Phi) is 15.2. The Balaban J connectivity index is 0.00000180. The molecule has 4 heterocycles. The van der Waals surface area contributed by atoms with Crippen molar-refractivity contribution in [3.8, 4) is 17.0 Å². The largest absolute Gasteiger partial charge is 0.489 e. The second-order valence-corrected chi connectivity index (χ2v) is 13.4. The summed E-state index contributed by atoms with van der Waals surface area (Å²) in [7, 11) is 0. The highest BCUT2D eigenvalue weighted by molar-refractivity contribution is 5.99. The molecule has 0 unspecified atom stereocenters. The maximum atomic E-state index is 12.0. The highest BCUT2D eigenvalue weighted by Gasteiger charge is 2.31. The second-order valence-electron chi connectivity index (χ2n) is 13.4. The van der Waals surface area contributed by atoms with Crippen LogP contribution in [-0.2, 0) is 16.0 Å². The summed E-state index contributed by atoms with van der Waals surface area (Å²) in [5.41, 5.74) is 6.27. The van der Waals surface area contributed by atoms with Gasteiger partial charge >= 0.3 is 5.97 Å². The number of benzene rings is 2. The highest BCUT2D eigenvalue weighted by atomic mass is 35.5. The van der Waals surface area contributed by atoms with Crippen molar-refractivity contribution >= 4 is 59.8 Å². The number of aromatic carboxylic acids is 1. The molecule has 4 aliphatic rings. The molecule has 0 atom stereocenters. The highest BCUT2D eigenvalue weighted by Crippen LogP contribution is 2.49. The first kappa shape index (κ1) is 39.5. The van der Waals surface area contributed by atoms with E-state index in [-0.39, 0.29) is 37.2 Å². The van der Waals surface area contributed by atoms with Gasteiger partial charge in [-0.05, 0) is 61.4 Å². The van der Waals surface area contributed by atoms with Crippen LogP contribution in [0.2, 0.25) is 0 Å². The van der Waals surface area contributed by atoms with Crippen LogP contribution in [-0.4, -0.2) is 111 Å². The van der Waals surface area contributed by atoms with Crippen molar-refractivity contribution in [1.29, 1.82) is 0 Å². The molecular weight excluding hydrogens is 687 g/mol. The minimum atomic E-state index is -0.883. The maximum Gasteiger partial charge on any atom is 0.335 e. The van der Waals surface area contributed by atoms with Crippen molar-refractivity contribution in [2.45, 2.75) is 57.4 Å². The number of ether oxygens (including phenoxy) is 3. The first-order chi connectivity index (χ1) is 22.7. The summed E-state index contributed by atoms with van der Waals surface area (Å²) >= 11 is 0. The molecule has 3 aromatic rings. The molecule has 2 aromatic carbocycles. The van der Waals surface area contributed by atoms with E-state index in [1.54, 1.807) is 6.07 Å². The average molecular weight is 740 g/mol. The van der Waals surface area contributed by atoms with Gasteiger partial charge in [0.05, 0.1) is 36.7 Å². The van der Waals surface area contributed by atoms with Gasteiger partial charge in [-0.15, -0.1) is 37.2 Å². The summed E-state index contributed by atoms with van der Waals surface area (Å²) in [4.78, 5) is 19.7. The van der Waals surface area contributed by atoms with E-state index in [1.165, 1.54) is 48.7 Å². The van der Waals surface area contributed by atoms with Gasteiger partial charge in [0.15, 0.2) is 5.75 Å². The van der Waals surface area contributed by atoms with Crippen molar-refractivity contribution in [3.63, 3.8) is 0 Å². The van der Waals surface area contributed by atoms with Crippen molar-refractivity contribution in [2.75, 3.05) is 90.3 Å². The number of carboxylic acid groups (broad SMARTS) is 1. The Bertz CT molecular complexity index is 1470. The smallest absolute Gasteiger partial charge is 0.335 e. The number of anilines is 1. The molecule has 0 amide bonds. The maximum absolute atomic E-state index is 12.0. The molecule has 0 radical (unpaired) electrons. The van der Waals surface area contributed by atoms with Gasteiger partial charge in [0, 0.05) is 82.0 Å². The second kappa shape index (κ2) is 18.8. The van der Waals surface area contributed by atoms with Crippen molar-refractivity contribution in [3.05, 3.63) is 47.5 Å². The predicted octanol–water partition coefficient (Wildman–Crippen LogP) is 6.96. The van der Waals surface area contributed by atoms with Crippen LogP contribution in [0, 0.1) is 0 Å². The number of carboxylic acids is 1. The number of fused-ring (bicyclic) bond motifs is 5. The molecule has 1 N–H and O–H groups in total. The Hall–Kier alpha value is -2.24. The van der Waals surface area contributed by atoms with E-state index in [2.05, 4.69) is 43.5 Å². The monoisotopic (exact) mass is 738 g/mol. The van der Waals surface area contributed by atoms with E-state index >= 15 is 0 Å². The van der Waals surface area contributed by atoms with Gasteiger partial charge in [-0.3, -0.25) is 9.80 Å². The van der Waals surface area contributed by atoms with E-state index in [0.717, 1.165) is 114 Å². The lowest BCUT2D eigenvalue weighted by molar-refractivity contribution is 0.0697. The van der Waals surface area contributed by atoms with Gasteiger partial charge < -0.3 is 28.8 Å². The standard InChI is InChI=1S/C37H50N4O5.3ClH/c42-37(43)29-11-12-30-33(27-29)41-21-26-46-36-31(35(41)34(30)28-7-2-1-3-8-28)9-4-10-32(36)40(17-15-38-13-5-22-44-24-19-38)18-16-39-14-6-23-45-25-20-39;;;/h4,9-12,27-28H,1-3,5-8,13-26H2,(H,42,43);3*1H. The molecule has 1 aromatic heterocycles. The van der Waals surface area contributed by atoms with Gasteiger partial charge in [-0.25, -0.2) is 4.79 Å². The topological polar surface area (TPSA) is 79.6 Å². The van der Waals surface area contributed by atoms with E-state index in [4.69, 9.17) is 14.2 Å². The summed E-state index contributed by atoms with van der Waals surface area (Å²) in [6.45, 7) is 12.5. The molecular formula is C37H53Cl3N4O5. The Labute approximate surface area is 309 Å². The van der Waals surface area contributed by atoms with Crippen molar-refractivity contribution in [2.24, 2.45) is 0 Å². The Morgan fingerprint density at radius 2 is 1.45 bits per heavy atom. The number of halogens is 3. The van der Waals surface area contributed by atoms with Gasteiger partial charge in [-0.1, -0.05) is 31.4 Å². The van der Waals surface area contributed by atoms with Crippen LogP contribution >= 0.6 is 37.2 Å². The van der Waals surface area contributed by atoms with Crippen molar-refractivity contribution < 1.29 is 24.1 Å². The number of hydrogen-bond acceptors (Lipinski definition) is 7. The third-order valence-electron chi connectivity index (χ3n) is 10.5. The van der Waals surface area contributed by atoms with E-state index in [1.807, 2.05) is 6.07 Å². The minimum Gasteiger partial charge on any atom is -0.489 e. The number of para-hydroxylation sites is 1. The fourth-order valence-corrected chi connectivity index (χ4v) is 8.11. The summed E-state index contributed by atoms with van der Waals surface area (Å²) in [5, 5.41) is 11.1. The molecule has 0 bridgehead atoms. The minimum absolute atomic E-state index is 0. The summed E-state index contributed by atoms with van der Waals surface area (Å²) in [5.74, 6) is 0.550. The Morgan fingerprint density at radius 1 is 0.776 bits per heavy atom. The third-order valence-corrected chi connectivity index (χ3v) is 10.5. The van der Waals surface area contributed by atoms with Gasteiger partial charge in [-0.2, -0.15) is 0 Å². The molecule has 7 rings (SSSR count). The lowest BCUT2D eigenvalue weighted by atomic mass is 9.81. The fraction of sp³-hybridized carbons (Fsp3) is 0.595. The summed E-state index contributed by atoms with van der Waals surface area (Å²) < 4.78 is 20.6. The van der Waals surface area contributed by atoms with E-state index in [9.17, 15) is 9.90 Å². The van der Waals surface area contributed by atoms with E-state index < -0.39 is 5.97 Å². The molecule has 1 saturated carbocycles. The van der Waals surface area contributed by atoms with Gasteiger partial charge in [0.1, 0.15) is 6.61 Å². The molecule has 272 valence electrons. The molecule has 3 aliphatic heterocycles. The molecule has 12 heteroatoms. The molecule has 0 spiro atoms. The lowest BCUT2D eigenvalue weighted by Crippen LogP contribution is -2.41. The average Bonchev–Trinajstić information content (AvgIpc) is 3.42. The van der Waals surface area contributed by atoms with Crippen LogP contribution in [0.3, 0.4) is 0 Å².